The molecular weight excluding hydrogens is 336 g/mol. The molecule has 2 fully saturated rings. The molecule has 0 aromatic heterocycles. The highest BCUT2D eigenvalue weighted by molar-refractivity contribution is 7.89. The van der Waals surface area contributed by atoms with Gasteiger partial charge < -0.3 is 4.90 Å². The second kappa shape index (κ2) is 7.46. The Balaban J connectivity index is 1.70. The van der Waals surface area contributed by atoms with Crippen molar-refractivity contribution in [3.05, 3.63) is 29.8 Å². The highest BCUT2D eigenvalue weighted by Crippen LogP contribution is 2.26. The summed E-state index contributed by atoms with van der Waals surface area (Å²) in [5.74, 6) is 0.604. The van der Waals surface area contributed by atoms with E-state index in [-0.39, 0.29) is 11.8 Å². The number of nitrogens with zero attached hydrogens (tertiary/aromatic N) is 2. The van der Waals surface area contributed by atoms with E-state index in [1.165, 1.54) is 4.31 Å². The quantitative estimate of drug-likeness (QED) is 0.828. The van der Waals surface area contributed by atoms with Gasteiger partial charge in [0.15, 0.2) is 0 Å². The number of piperidine rings is 2. The van der Waals surface area contributed by atoms with E-state index in [9.17, 15) is 13.2 Å². The molecule has 0 saturated carbocycles. The van der Waals surface area contributed by atoms with Gasteiger partial charge in [-0.25, -0.2) is 8.42 Å². The van der Waals surface area contributed by atoms with E-state index in [2.05, 4.69) is 6.92 Å². The smallest absolute Gasteiger partial charge is 0.243 e. The van der Waals surface area contributed by atoms with Crippen molar-refractivity contribution in [1.29, 1.82) is 0 Å². The maximum Gasteiger partial charge on any atom is 0.243 e. The Morgan fingerprint density at radius 1 is 1.04 bits per heavy atom. The first kappa shape index (κ1) is 18.4. The summed E-state index contributed by atoms with van der Waals surface area (Å²) in [6.07, 6.45) is 3.62. The van der Waals surface area contributed by atoms with Crippen molar-refractivity contribution in [3.8, 4) is 0 Å². The molecule has 5 nitrogen and oxygen atoms in total. The second-order valence-corrected chi connectivity index (χ2v) is 9.46. The van der Waals surface area contributed by atoms with Gasteiger partial charge in [0.25, 0.3) is 0 Å². The standard InChI is InChI=1S/C19H28N2O3S/c1-15-5-7-18(8-6-15)25(23,24)21-11-3-4-17(14-21)19(22)20-12-9-16(2)10-13-20/h5-8,16-17H,3-4,9-14H2,1-2H3/t17-/m1/s1. The topological polar surface area (TPSA) is 57.7 Å². The highest BCUT2D eigenvalue weighted by Gasteiger charge is 2.35. The van der Waals surface area contributed by atoms with Crippen LogP contribution in [0.1, 0.15) is 38.2 Å². The van der Waals surface area contributed by atoms with Gasteiger partial charge in [0, 0.05) is 26.2 Å². The van der Waals surface area contributed by atoms with E-state index in [1.54, 1.807) is 12.1 Å². The van der Waals surface area contributed by atoms with Crippen molar-refractivity contribution in [2.45, 2.75) is 44.4 Å². The Morgan fingerprint density at radius 3 is 2.32 bits per heavy atom. The largest absolute Gasteiger partial charge is 0.342 e. The average molecular weight is 365 g/mol. The number of rotatable bonds is 3. The van der Waals surface area contributed by atoms with Gasteiger partial charge in [0.1, 0.15) is 0 Å². The fourth-order valence-electron chi connectivity index (χ4n) is 3.71. The third kappa shape index (κ3) is 4.06. The first-order valence-electron chi connectivity index (χ1n) is 9.23. The molecule has 1 aromatic carbocycles. The maximum atomic E-state index is 12.9. The summed E-state index contributed by atoms with van der Waals surface area (Å²) in [7, 11) is -3.52. The Kier molecular flexibility index (Phi) is 5.49. The normalized spacial score (nSPS) is 23.6. The molecule has 0 bridgehead atoms. The summed E-state index contributed by atoms with van der Waals surface area (Å²) in [5, 5.41) is 0. The highest BCUT2D eigenvalue weighted by atomic mass is 32.2. The minimum Gasteiger partial charge on any atom is -0.342 e. The number of aryl methyl sites for hydroxylation is 1. The molecule has 2 saturated heterocycles. The summed E-state index contributed by atoms with van der Waals surface area (Å²) in [5.41, 5.74) is 1.03. The molecule has 3 rings (SSSR count). The third-order valence-electron chi connectivity index (χ3n) is 5.49. The molecule has 138 valence electrons. The van der Waals surface area contributed by atoms with Crippen LogP contribution < -0.4 is 0 Å². The summed E-state index contributed by atoms with van der Waals surface area (Å²) in [6.45, 7) is 6.57. The molecule has 1 atom stereocenters. The molecule has 6 heteroatoms. The number of hydrogen-bond acceptors (Lipinski definition) is 3. The van der Waals surface area contributed by atoms with E-state index >= 15 is 0 Å². The van der Waals surface area contributed by atoms with Crippen molar-refractivity contribution >= 4 is 15.9 Å². The van der Waals surface area contributed by atoms with Crippen molar-refractivity contribution in [1.82, 2.24) is 9.21 Å². The molecule has 1 aromatic rings. The van der Waals surface area contributed by atoms with Crippen molar-refractivity contribution in [2.75, 3.05) is 26.2 Å². The van der Waals surface area contributed by atoms with Gasteiger partial charge in [-0.05, 0) is 50.7 Å². The first-order valence-corrected chi connectivity index (χ1v) is 10.7. The summed E-state index contributed by atoms with van der Waals surface area (Å²) in [4.78, 5) is 15.1. The fraction of sp³-hybridized carbons (Fsp3) is 0.632. The molecule has 2 heterocycles. The Hall–Kier alpha value is -1.40. The number of carbonyl (C=O) groups excluding carboxylic acids is 1. The van der Waals surface area contributed by atoms with E-state index in [0.717, 1.165) is 44.3 Å². The lowest BCUT2D eigenvalue weighted by Gasteiger charge is -2.36. The molecule has 0 unspecified atom stereocenters. The number of carbonyl (C=O) groups is 1. The molecule has 25 heavy (non-hydrogen) atoms. The van der Waals surface area contributed by atoms with Gasteiger partial charge in [-0.1, -0.05) is 24.6 Å². The minimum absolute atomic E-state index is 0.135. The van der Waals surface area contributed by atoms with Gasteiger partial charge in [-0.2, -0.15) is 4.31 Å². The van der Waals surface area contributed by atoms with Crippen LogP contribution in [0.15, 0.2) is 29.2 Å². The first-order chi connectivity index (χ1) is 11.9. The van der Waals surface area contributed by atoms with Gasteiger partial charge >= 0.3 is 0 Å². The van der Waals surface area contributed by atoms with Crippen LogP contribution in [0.5, 0.6) is 0 Å². The monoisotopic (exact) mass is 364 g/mol. The maximum absolute atomic E-state index is 12.9. The lowest BCUT2D eigenvalue weighted by Crippen LogP contribution is -2.48. The molecule has 2 aliphatic rings. The Labute approximate surface area is 151 Å². The minimum atomic E-state index is -3.52. The zero-order valence-electron chi connectivity index (χ0n) is 15.1. The summed E-state index contributed by atoms with van der Waals surface area (Å²) in [6, 6.07) is 6.94. The summed E-state index contributed by atoms with van der Waals surface area (Å²) >= 11 is 0. The molecule has 0 aliphatic carbocycles. The van der Waals surface area contributed by atoms with Crippen LogP contribution in [0.4, 0.5) is 0 Å². The van der Waals surface area contributed by atoms with Crippen LogP contribution in [0.3, 0.4) is 0 Å². The predicted octanol–water partition coefficient (Wildman–Crippen LogP) is 2.65. The number of amides is 1. The SMILES string of the molecule is Cc1ccc(S(=O)(=O)N2CCC[C@@H](C(=O)N3CCC(C)CC3)C2)cc1. The van der Waals surface area contributed by atoms with Crippen LogP contribution >= 0.6 is 0 Å². The zero-order valence-corrected chi connectivity index (χ0v) is 16.0. The van der Waals surface area contributed by atoms with Crippen LogP contribution in [-0.2, 0) is 14.8 Å². The van der Waals surface area contributed by atoms with Crippen LogP contribution in [0.25, 0.3) is 0 Å². The Bertz CT molecular complexity index is 707. The van der Waals surface area contributed by atoms with Gasteiger partial charge in [0.2, 0.25) is 15.9 Å². The van der Waals surface area contributed by atoms with Crippen molar-refractivity contribution in [3.63, 3.8) is 0 Å². The number of likely N-dealkylation sites (tertiary alicyclic amines) is 1. The Morgan fingerprint density at radius 2 is 1.68 bits per heavy atom. The number of benzene rings is 1. The van der Waals surface area contributed by atoms with Crippen LogP contribution in [-0.4, -0.2) is 49.7 Å². The second-order valence-electron chi connectivity index (χ2n) is 7.52. The van der Waals surface area contributed by atoms with Gasteiger partial charge in [0.05, 0.1) is 10.8 Å². The fourth-order valence-corrected chi connectivity index (χ4v) is 5.23. The molecule has 1 amide bonds. The third-order valence-corrected chi connectivity index (χ3v) is 7.37. The van der Waals surface area contributed by atoms with Gasteiger partial charge in [-0.15, -0.1) is 0 Å². The van der Waals surface area contributed by atoms with Gasteiger partial charge in [-0.3, -0.25) is 4.79 Å². The summed E-state index contributed by atoms with van der Waals surface area (Å²) < 4.78 is 27.3. The lowest BCUT2D eigenvalue weighted by atomic mass is 9.94. The molecule has 0 spiro atoms. The van der Waals surface area contributed by atoms with Crippen LogP contribution in [0, 0.1) is 18.8 Å². The van der Waals surface area contributed by atoms with E-state index in [4.69, 9.17) is 0 Å². The molecular formula is C19H28N2O3S. The average Bonchev–Trinajstić information content (AvgIpc) is 2.62. The molecule has 0 N–H and O–H groups in total. The predicted molar refractivity (Wildman–Crippen MR) is 97.6 cm³/mol. The lowest BCUT2D eigenvalue weighted by molar-refractivity contribution is -0.138. The van der Waals surface area contributed by atoms with Crippen molar-refractivity contribution in [2.24, 2.45) is 11.8 Å². The van der Waals surface area contributed by atoms with Crippen molar-refractivity contribution < 1.29 is 13.2 Å². The zero-order chi connectivity index (χ0) is 18.0. The number of hydrogen-bond donors (Lipinski definition) is 0. The van der Waals surface area contributed by atoms with Crippen LogP contribution in [0.2, 0.25) is 0 Å². The number of sulfonamides is 1. The van der Waals surface area contributed by atoms with E-state index < -0.39 is 10.0 Å². The van der Waals surface area contributed by atoms with E-state index in [1.807, 2.05) is 24.0 Å². The molecule has 2 aliphatic heterocycles. The molecule has 0 radical (unpaired) electrons. The van der Waals surface area contributed by atoms with E-state index in [0.29, 0.717) is 23.9 Å².